The molecule has 3 rings (SSSR count). The van der Waals surface area contributed by atoms with Gasteiger partial charge in [0.1, 0.15) is 0 Å². The third kappa shape index (κ3) is 6.20. The second kappa shape index (κ2) is 10.2. The molecular weight excluding hydrogens is 308 g/mol. The molecule has 4 heteroatoms. The van der Waals surface area contributed by atoms with Gasteiger partial charge in [0.15, 0.2) is 0 Å². The molecule has 2 heterocycles. The van der Waals surface area contributed by atoms with E-state index in [-0.39, 0.29) is 0 Å². The molecule has 1 N–H and O–H groups in total. The first-order chi connectivity index (χ1) is 12.2. The maximum atomic E-state index is 3.77. The van der Waals surface area contributed by atoms with Crippen LogP contribution in [0.3, 0.4) is 0 Å². The number of rotatable bonds is 9. The summed E-state index contributed by atoms with van der Waals surface area (Å²) in [6, 6.07) is 1.68. The highest BCUT2D eigenvalue weighted by Gasteiger charge is 2.34. The summed E-state index contributed by atoms with van der Waals surface area (Å²) >= 11 is 0. The van der Waals surface area contributed by atoms with Gasteiger partial charge in [-0.25, -0.2) is 0 Å². The van der Waals surface area contributed by atoms with Gasteiger partial charge in [-0.05, 0) is 64.7 Å². The van der Waals surface area contributed by atoms with Gasteiger partial charge in [0.2, 0.25) is 0 Å². The van der Waals surface area contributed by atoms with Crippen molar-refractivity contribution in [2.45, 2.75) is 70.4 Å². The van der Waals surface area contributed by atoms with Crippen LogP contribution in [0.25, 0.3) is 0 Å². The first-order valence-corrected chi connectivity index (χ1v) is 11.1. The van der Waals surface area contributed by atoms with Crippen molar-refractivity contribution in [2.24, 2.45) is 5.92 Å². The third-order valence-corrected chi connectivity index (χ3v) is 6.85. The average Bonchev–Trinajstić information content (AvgIpc) is 2.59. The summed E-state index contributed by atoms with van der Waals surface area (Å²) in [7, 11) is 2.26. The number of nitrogens with one attached hydrogen (secondary N) is 1. The van der Waals surface area contributed by atoms with Gasteiger partial charge < -0.3 is 15.1 Å². The Balaban J connectivity index is 1.23. The van der Waals surface area contributed by atoms with Gasteiger partial charge in [-0.1, -0.05) is 26.2 Å². The van der Waals surface area contributed by atoms with Crippen LogP contribution in [0.1, 0.15) is 58.3 Å². The summed E-state index contributed by atoms with van der Waals surface area (Å²) in [4.78, 5) is 8.01. The van der Waals surface area contributed by atoms with Gasteiger partial charge in [-0.15, -0.1) is 0 Å². The maximum Gasteiger partial charge on any atom is 0.0126 e. The molecule has 4 nitrogen and oxygen atoms in total. The zero-order valence-corrected chi connectivity index (χ0v) is 16.9. The van der Waals surface area contributed by atoms with E-state index in [9.17, 15) is 0 Å². The highest BCUT2D eigenvalue weighted by atomic mass is 15.3. The minimum atomic E-state index is 0.809. The zero-order chi connectivity index (χ0) is 17.5. The molecule has 2 aliphatic heterocycles. The van der Waals surface area contributed by atoms with Crippen molar-refractivity contribution < 1.29 is 0 Å². The fraction of sp³-hybridized carbons (Fsp3) is 1.00. The molecule has 0 aromatic rings. The van der Waals surface area contributed by atoms with E-state index in [1.807, 2.05) is 0 Å². The van der Waals surface area contributed by atoms with Crippen molar-refractivity contribution in [3.8, 4) is 0 Å². The van der Waals surface area contributed by atoms with Crippen molar-refractivity contribution in [3.05, 3.63) is 0 Å². The lowest BCUT2D eigenvalue weighted by Crippen LogP contribution is -2.58. The number of hydrogen-bond acceptors (Lipinski definition) is 4. The Bertz CT molecular complexity index is 353. The summed E-state index contributed by atoms with van der Waals surface area (Å²) in [5.74, 6) is 0.952. The summed E-state index contributed by atoms with van der Waals surface area (Å²) < 4.78 is 0. The largest absolute Gasteiger partial charge is 0.314 e. The van der Waals surface area contributed by atoms with Crippen molar-refractivity contribution >= 4 is 0 Å². The van der Waals surface area contributed by atoms with Crippen LogP contribution in [-0.2, 0) is 0 Å². The Morgan fingerprint density at radius 1 is 0.880 bits per heavy atom. The molecule has 0 atom stereocenters. The van der Waals surface area contributed by atoms with Gasteiger partial charge in [0.25, 0.3) is 0 Å². The van der Waals surface area contributed by atoms with E-state index >= 15 is 0 Å². The molecule has 0 aromatic carbocycles. The SMILES string of the molecule is CCCCCCN[C@H]1C[C@@H](N2CCN(CC3CCN(C)CC3)CC2)C1. The predicted octanol–water partition coefficient (Wildman–Crippen LogP) is 2.65. The highest BCUT2D eigenvalue weighted by Crippen LogP contribution is 2.27. The van der Waals surface area contributed by atoms with Crippen LogP contribution in [0.15, 0.2) is 0 Å². The van der Waals surface area contributed by atoms with Crippen molar-refractivity contribution in [3.63, 3.8) is 0 Å². The van der Waals surface area contributed by atoms with Crippen LogP contribution in [0.5, 0.6) is 0 Å². The molecule has 0 aromatic heterocycles. The highest BCUT2D eigenvalue weighted by molar-refractivity contribution is 4.93. The quantitative estimate of drug-likeness (QED) is 0.645. The molecule has 146 valence electrons. The summed E-state index contributed by atoms with van der Waals surface area (Å²) in [6.45, 7) is 12.7. The molecule has 3 fully saturated rings. The van der Waals surface area contributed by atoms with Crippen LogP contribution in [0, 0.1) is 5.92 Å². The number of hydrogen-bond donors (Lipinski definition) is 1. The molecule has 1 saturated carbocycles. The first kappa shape index (κ1) is 19.6. The fourth-order valence-electron chi connectivity index (χ4n) is 4.83. The Hall–Kier alpha value is -0.160. The van der Waals surface area contributed by atoms with Crippen LogP contribution in [-0.4, -0.2) is 86.2 Å². The molecule has 1 aliphatic carbocycles. The summed E-state index contributed by atoms with van der Waals surface area (Å²) in [5, 5.41) is 3.77. The smallest absolute Gasteiger partial charge is 0.0126 e. The predicted molar refractivity (Wildman–Crippen MR) is 107 cm³/mol. The number of piperazine rings is 1. The second-order valence-corrected chi connectivity index (χ2v) is 8.92. The maximum absolute atomic E-state index is 3.77. The summed E-state index contributed by atoms with van der Waals surface area (Å²) in [5.41, 5.74) is 0. The van der Waals surface area contributed by atoms with Crippen molar-refractivity contribution in [2.75, 3.05) is 59.4 Å². The lowest BCUT2D eigenvalue weighted by molar-refractivity contribution is 0.0359. The van der Waals surface area contributed by atoms with E-state index in [2.05, 4.69) is 34.0 Å². The molecule has 0 spiro atoms. The molecule has 0 radical (unpaired) electrons. The van der Waals surface area contributed by atoms with E-state index in [1.165, 1.54) is 104 Å². The van der Waals surface area contributed by atoms with Crippen LogP contribution in [0.4, 0.5) is 0 Å². The lowest BCUT2D eigenvalue weighted by atomic mass is 9.85. The molecule has 2 saturated heterocycles. The van der Waals surface area contributed by atoms with Gasteiger partial charge in [-0.2, -0.15) is 0 Å². The molecule has 0 unspecified atom stereocenters. The monoisotopic (exact) mass is 350 g/mol. The van der Waals surface area contributed by atoms with Gasteiger partial charge >= 0.3 is 0 Å². The number of piperidine rings is 1. The molecule has 0 bridgehead atoms. The van der Waals surface area contributed by atoms with Crippen LogP contribution < -0.4 is 5.32 Å². The Kier molecular flexibility index (Phi) is 8.03. The minimum absolute atomic E-state index is 0.809. The summed E-state index contributed by atoms with van der Waals surface area (Å²) in [6.07, 6.45) is 11.1. The van der Waals surface area contributed by atoms with Crippen LogP contribution >= 0.6 is 0 Å². The standard InChI is InChI=1S/C21H42N4/c1-3-4-5-6-9-22-20-16-21(17-20)25-14-12-24(13-15-25)18-19-7-10-23(2)11-8-19/h19-22H,3-18H2,1-2H3/t20-,21+. The van der Waals surface area contributed by atoms with Crippen molar-refractivity contribution in [1.29, 1.82) is 0 Å². The van der Waals surface area contributed by atoms with E-state index in [0.717, 1.165) is 18.0 Å². The van der Waals surface area contributed by atoms with Gasteiger partial charge in [0, 0.05) is 44.8 Å². The first-order valence-electron chi connectivity index (χ1n) is 11.1. The topological polar surface area (TPSA) is 21.8 Å². The van der Waals surface area contributed by atoms with E-state index < -0.39 is 0 Å². The molecule has 0 amide bonds. The van der Waals surface area contributed by atoms with E-state index in [4.69, 9.17) is 0 Å². The number of likely N-dealkylation sites (tertiary alicyclic amines) is 1. The lowest BCUT2D eigenvalue weighted by Gasteiger charge is -2.47. The average molecular weight is 351 g/mol. The Morgan fingerprint density at radius 3 is 2.28 bits per heavy atom. The fourth-order valence-corrected chi connectivity index (χ4v) is 4.83. The number of unbranched alkanes of at least 4 members (excludes halogenated alkanes) is 3. The van der Waals surface area contributed by atoms with E-state index in [1.54, 1.807) is 0 Å². The molecule has 25 heavy (non-hydrogen) atoms. The number of nitrogens with zero attached hydrogens (tertiary/aromatic N) is 3. The van der Waals surface area contributed by atoms with Gasteiger partial charge in [0.05, 0.1) is 0 Å². The van der Waals surface area contributed by atoms with Crippen molar-refractivity contribution in [1.82, 2.24) is 20.0 Å². The normalized spacial score (nSPS) is 30.5. The van der Waals surface area contributed by atoms with Crippen LogP contribution in [0.2, 0.25) is 0 Å². The van der Waals surface area contributed by atoms with Gasteiger partial charge in [-0.3, -0.25) is 4.90 Å². The Morgan fingerprint density at radius 2 is 1.60 bits per heavy atom. The third-order valence-electron chi connectivity index (χ3n) is 6.85. The second-order valence-electron chi connectivity index (χ2n) is 8.92. The zero-order valence-electron chi connectivity index (χ0n) is 16.9. The molecule has 3 aliphatic rings. The molecular formula is C21H42N4. The minimum Gasteiger partial charge on any atom is -0.314 e. The van der Waals surface area contributed by atoms with E-state index in [0.29, 0.717) is 0 Å². The Labute approximate surface area is 156 Å².